The molecular formula is C19H28ClN3O3. The number of hydrogen-bond acceptors (Lipinski definition) is 4. The molecule has 2 rings (SSSR count). The van der Waals surface area contributed by atoms with Gasteiger partial charge in [-0.25, -0.2) is 0 Å². The Morgan fingerprint density at radius 1 is 1.35 bits per heavy atom. The molecule has 7 heteroatoms. The molecular weight excluding hydrogens is 354 g/mol. The van der Waals surface area contributed by atoms with Crippen molar-refractivity contribution in [2.75, 3.05) is 18.5 Å². The number of nitrogens with two attached hydrogens (primary N) is 1. The lowest BCUT2D eigenvalue weighted by molar-refractivity contribution is -0.166. The van der Waals surface area contributed by atoms with E-state index in [1.807, 2.05) is 27.7 Å². The van der Waals surface area contributed by atoms with Crippen LogP contribution in [0.25, 0.3) is 0 Å². The second kappa shape index (κ2) is 7.94. The van der Waals surface area contributed by atoms with Gasteiger partial charge in [-0.15, -0.1) is 0 Å². The van der Waals surface area contributed by atoms with Gasteiger partial charge in [0.1, 0.15) is 5.54 Å². The maximum Gasteiger partial charge on any atom is 0.252 e. The molecule has 1 aromatic carbocycles. The minimum absolute atomic E-state index is 0.0449. The lowest BCUT2D eigenvalue weighted by Crippen LogP contribution is -2.74. The van der Waals surface area contributed by atoms with Crippen LogP contribution in [-0.2, 0) is 9.53 Å². The molecule has 144 valence electrons. The summed E-state index contributed by atoms with van der Waals surface area (Å²) in [5.74, 6) is -0.512. The van der Waals surface area contributed by atoms with E-state index in [0.717, 1.165) is 6.42 Å². The Balaban J connectivity index is 2.08. The van der Waals surface area contributed by atoms with Crippen LogP contribution in [0, 0.1) is 5.41 Å². The molecule has 1 aliphatic rings. The summed E-state index contributed by atoms with van der Waals surface area (Å²) in [5, 5.41) is 5.87. The number of halogens is 1. The molecule has 0 aromatic heterocycles. The first-order valence-corrected chi connectivity index (χ1v) is 9.34. The van der Waals surface area contributed by atoms with Crippen LogP contribution < -0.4 is 16.4 Å². The van der Waals surface area contributed by atoms with E-state index in [0.29, 0.717) is 30.8 Å². The van der Waals surface area contributed by atoms with Crippen LogP contribution in [0.2, 0.25) is 5.02 Å². The molecule has 2 unspecified atom stereocenters. The molecule has 1 aromatic rings. The van der Waals surface area contributed by atoms with Gasteiger partial charge in [0.15, 0.2) is 0 Å². The zero-order valence-electron chi connectivity index (χ0n) is 15.8. The number of anilines is 1. The lowest BCUT2D eigenvalue weighted by atomic mass is 9.54. The van der Waals surface area contributed by atoms with Crippen molar-refractivity contribution in [3.8, 4) is 0 Å². The molecule has 1 fully saturated rings. The van der Waals surface area contributed by atoms with Crippen molar-refractivity contribution in [2.24, 2.45) is 11.1 Å². The number of nitrogens with one attached hydrogen (secondary N) is 2. The number of ether oxygens (including phenoxy) is 1. The van der Waals surface area contributed by atoms with Crippen molar-refractivity contribution in [1.82, 2.24) is 5.32 Å². The highest BCUT2D eigenvalue weighted by Gasteiger charge is 2.62. The van der Waals surface area contributed by atoms with Gasteiger partial charge in [0.05, 0.1) is 16.7 Å². The zero-order valence-corrected chi connectivity index (χ0v) is 16.6. The van der Waals surface area contributed by atoms with Gasteiger partial charge in [0.25, 0.3) is 5.91 Å². The molecule has 0 radical (unpaired) electrons. The molecule has 0 spiro atoms. The first-order valence-electron chi connectivity index (χ1n) is 8.97. The zero-order chi connectivity index (χ0) is 19.5. The van der Waals surface area contributed by atoms with Crippen molar-refractivity contribution in [3.63, 3.8) is 0 Å². The summed E-state index contributed by atoms with van der Waals surface area (Å²) in [4.78, 5) is 24.8. The molecule has 0 aliphatic heterocycles. The minimum Gasteiger partial charge on any atom is -0.378 e. The van der Waals surface area contributed by atoms with E-state index in [2.05, 4.69) is 10.6 Å². The highest BCUT2D eigenvalue weighted by molar-refractivity contribution is 6.34. The van der Waals surface area contributed by atoms with E-state index in [-0.39, 0.29) is 22.9 Å². The van der Waals surface area contributed by atoms with E-state index >= 15 is 0 Å². The van der Waals surface area contributed by atoms with Crippen LogP contribution in [0.15, 0.2) is 18.2 Å². The van der Waals surface area contributed by atoms with Gasteiger partial charge in [0, 0.05) is 30.7 Å². The van der Waals surface area contributed by atoms with Crippen LogP contribution in [-0.4, -0.2) is 36.6 Å². The molecule has 0 heterocycles. The molecule has 6 nitrogen and oxygen atoms in total. The van der Waals surface area contributed by atoms with Crippen LogP contribution in [0.5, 0.6) is 0 Å². The third-order valence-corrected chi connectivity index (χ3v) is 5.55. The van der Waals surface area contributed by atoms with E-state index in [9.17, 15) is 9.59 Å². The lowest BCUT2D eigenvalue weighted by Gasteiger charge is -2.57. The molecule has 4 N–H and O–H groups in total. The highest BCUT2D eigenvalue weighted by Crippen LogP contribution is 2.50. The largest absolute Gasteiger partial charge is 0.378 e. The normalized spacial score (nSPS) is 23.8. The number of carbonyl (C=O) groups is 2. The number of hydrogen-bond donors (Lipinski definition) is 3. The van der Waals surface area contributed by atoms with Gasteiger partial charge < -0.3 is 21.1 Å². The van der Waals surface area contributed by atoms with E-state index in [1.54, 1.807) is 18.2 Å². The quantitative estimate of drug-likeness (QED) is 0.676. The van der Waals surface area contributed by atoms with Gasteiger partial charge in [-0.2, -0.15) is 0 Å². The van der Waals surface area contributed by atoms with Crippen molar-refractivity contribution >= 4 is 29.1 Å². The van der Waals surface area contributed by atoms with Gasteiger partial charge >= 0.3 is 0 Å². The average Bonchev–Trinajstić information content (AvgIpc) is 2.59. The topological polar surface area (TPSA) is 93.5 Å². The van der Waals surface area contributed by atoms with Crippen molar-refractivity contribution in [2.45, 2.75) is 52.2 Å². The standard InChI is InChI=1S/C19H28ClN3O3/c1-5-9-22-16(24)13-8-7-12(10-14(13)20)23-17(25)19(21)11-15(26-6-2)18(19,3)4/h7-8,10,15H,5-6,9,11,21H2,1-4H3,(H,22,24)(H,23,25). The Bertz CT molecular complexity index is 693. The summed E-state index contributed by atoms with van der Waals surface area (Å²) in [6.07, 6.45) is 1.26. The monoisotopic (exact) mass is 381 g/mol. The minimum atomic E-state index is -1.02. The third-order valence-electron chi connectivity index (χ3n) is 5.24. The van der Waals surface area contributed by atoms with Gasteiger partial charge in [-0.05, 0) is 31.5 Å². The fraction of sp³-hybridized carbons (Fsp3) is 0.579. The molecule has 0 saturated heterocycles. The van der Waals surface area contributed by atoms with Gasteiger partial charge in [0.2, 0.25) is 5.91 Å². The molecule has 26 heavy (non-hydrogen) atoms. The summed E-state index contributed by atoms with van der Waals surface area (Å²) in [6, 6.07) is 4.82. The predicted molar refractivity (Wildman–Crippen MR) is 103 cm³/mol. The van der Waals surface area contributed by atoms with Crippen LogP contribution in [0.1, 0.15) is 50.9 Å². The molecule has 1 aliphatic carbocycles. The first kappa shape index (κ1) is 20.7. The number of amides is 2. The Hall–Kier alpha value is -1.63. The second-order valence-corrected chi connectivity index (χ2v) is 7.65. The third kappa shape index (κ3) is 3.72. The summed E-state index contributed by atoms with van der Waals surface area (Å²) >= 11 is 6.21. The smallest absolute Gasteiger partial charge is 0.252 e. The van der Waals surface area contributed by atoms with Crippen LogP contribution in [0.4, 0.5) is 5.69 Å². The van der Waals surface area contributed by atoms with Crippen LogP contribution in [0.3, 0.4) is 0 Å². The Labute approximate surface area is 159 Å². The maximum absolute atomic E-state index is 12.7. The molecule has 2 amide bonds. The Morgan fingerprint density at radius 2 is 2.04 bits per heavy atom. The Morgan fingerprint density at radius 3 is 2.58 bits per heavy atom. The van der Waals surface area contributed by atoms with Gasteiger partial charge in [-0.1, -0.05) is 32.4 Å². The summed E-state index contributed by atoms with van der Waals surface area (Å²) < 4.78 is 5.66. The van der Waals surface area contributed by atoms with Crippen LogP contribution >= 0.6 is 11.6 Å². The Kier molecular flexibility index (Phi) is 6.32. The fourth-order valence-corrected chi connectivity index (χ4v) is 3.44. The summed E-state index contributed by atoms with van der Waals surface area (Å²) in [5.41, 5.74) is 5.76. The molecule has 0 bridgehead atoms. The second-order valence-electron chi connectivity index (χ2n) is 7.25. The predicted octanol–water partition coefficient (Wildman–Crippen LogP) is 2.95. The maximum atomic E-state index is 12.7. The van der Waals surface area contributed by atoms with Crippen molar-refractivity contribution < 1.29 is 14.3 Å². The van der Waals surface area contributed by atoms with Crippen molar-refractivity contribution in [3.05, 3.63) is 28.8 Å². The molecule has 1 saturated carbocycles. The SMILES string of the molecule is CCCNC(=O)c1ccc(NC(=O)C2(N)CC(OCC)C2(C)C)cc1Cl. The number of carbonyl (C=O) groups excluding carboxylic acids is 2. The van der Waals surface area contributed by atoms with E-state index < -0.39 is 11.0 Å². The fourth-order valence-electron chi connectivity index (χ4n) is 3.17. The number of rotatable bonds is 7. The first-order chi connectivity index (χ1) is 12.2. The summed E-state index contributed by atoms with van der Waals surface area (Å²) in [6.45, 7) is 8.94. The van der Waals surface area contributed by atoms with E-state index in [4.69, 9.17) is 22.1 Å². The number of benzene rings is 1. The highest BCUT2D eigenvalue weighted by atomic mass is 35.5. The van der Waals surface area contributed by atoms with Gasteiger partial charge in [-0.3, -0.25) is 9.59 Å². The van der Waals surface area contributed by atoms with E-state index in [1.165, 1.54) is 0 Å². The summed E-state index contributed by atoms with van der Waals surface area (Å²) in [7, 11) is 0. The average molecular weight is 382 g/mol. The van der Waals surface area contributed by atoms with Crippen molar-refractivity contribution in [1.29, 1.82) is 0 Å². The molecule has 2 atom stereocenters.